The Bertz CT molecular complexity index is 911. The molecule has 3 rings (SSSR count). The maximum atomic E-state index is 12.7. The van der Waals surface area contributed by atoms with E-state index in [1.165, 1.54) is 6.07 Å². The van der Waals surface area contributed by atoms with Gasteiger partial charge in [0.05, 0.1) is 17.0 Å². The molecule has 0 unspecified atom stereocenters. The third-order valence-corrected chi connectivity index (χ3v) is 3.81. The van der Waals surface area contributed by atoms with E-state index in [0.717, 1.165) is 0 Å². The molecule has 2 aromatic rings. The molecule has 0 fully saturated rings. The number of carbonyl (C=O) groups is 1. The zero-order valence-corrected chi connectivity index (χ0v) is 13.8. The lowest BCUT2D eigenvalue weighted by Gasteiger charge is -2.20. The maximum absolute atomic E-state index is 12.7. The normalized spacial score (nSPS) is 13.4. The van der Waals surface area contributed by atoms with Gasteiger partial charge in [-0.05, 0) is 23.8 Å². The number of carbonyl (C=O) groups excluding carboxylic acids is 1. The molecule has 0 atom stereocenters. The van der Waals surface area contributed by atoms with Crippen molar-refractivity contribution in [1.29, 1.82) is 0 Å². The van der Waals surface area contributed by atoms with E-state index in [1.807, 2.05) is 4.98 Å². The van der Waals surface area contributed by atoms with Gasteiger partial charge in [0.15, 0.2) is 11.5 Å². The van der Waals surface area contributed by atoms with Gasteiger partial charge in [-0.1, -0.05) is 11.6 Å². The minimum Gasteiger partial charge on any atom is -0.486 e. The first-order chi connectivity index (χ1) is 12.2. The number of aromatic amines is 1. The van der Waals surface area contributed by atoms with Gasteiger partial charge in [-0.15, -0.1) is 0 Å². The zero-order chi connectivity index (χ0) is 18.9. The van der Waals surface area contributed by atoms with Crippen LogP contribution in [0, 0.1) is 0 Å². The van der Waals surface area contributed by atoms with Gasteiger partial charge in [-0.2, -0.15) is 13.2 Å². The van der Waals surface area contributed by atoms with Crippen molar-refractivity contribution in [2.24, 2.45) is 0 Å². The van der Waals surface area contributed by atoms with Crippen LogP contribution in [-0.4, -0.2) is 24.1 Å². The fourth-order valence-corrected chi connectivity index (χ4v) is 2.67. The predicted octanol–water partition coefficient (Wildman–Crippen LogP) is 3.00. The minimum absolute atomic E-state index is 0.216. The zero-order valence-electron chi connectivity index (χ0n) is 13.1. The van der Waals surface area contributed by atoms with Gasteiger partial charge in [0, 0.05) is 6.20 Å². The second-order valence-electron chi connectivity index (χ2n) is 5.46. The monoisotopic (exact) mass is 388 g/mol. The summed E-state index contributed by atoms with van der Waals surface area (Å²) in [5, 5.41) is 2.42. The Hall–Kier alpha value is -2.68. The number of aromatic nitrogens is 1. The Morgan fingerprint density at radius 1 is 1.23 bits per heavy atom. The average Bonchev–Trinajstić information content (AvgIpc) is 2.56. The van der Waals surface area contributed by atoms with E-state index in [1.54, 1.807) is 6.07 Å². The molecule has 0 saturated carbocycles. The summed E-state index contributed by atoms with van der Waals surface area (Å²) in [6, 6.07) is 3.62. The number of ether oxygens (including phenoxy) is 2. The SMILES string of the molecule is O=C(Cc1cc(Cl)c2c(c1)OCCO2)Nc1cc(C(F)(F)F)c[nH]c1=O. The van der Waals surface area contributed by atoms with Crippen LogP contribution in [0.3, 0.4) is 0 Å². The molecule has 0 spiro atoms. The van der Waals surface area contributed by atoms with Gasteiger partial charge in [0.25, 0.3) is 5.56 Å². The molecule has 0 aliphatic carbocycles. The van der Waals surface area contributed by atoms with Gasteiger partial charge < -0.3 is 19.8 Å². The predicted molar refractivity (Wildman–Crippen MR) is 86.8 cm³/mol. The molecule has 26 heavy (non-hydrogen) atoms. The molecule has 1 aliphatic rings. The van der Waals surface area contributed by atoms with Crippen LogP contribution in [0.4, 0.5) is 18.9 Å². The van der Waals surface area contributed by atoms with Crippen LogP contribution in [0.2, 0.25) is 5.02 Å². The number of fused-ring (bicyclic) bond motifs is 1. The summed E-state index contributed by atoms with van der Waals surface area (Å²) < 4.78 is 48.9. The molecule has 1 aromatic heterocycles. The van der Waals surface area contributed by atoms with Gasteiger partial charge >= 0.3 is 6.18 Å². The van der Waals surface area contributed by atoms with E-state index in [-0.39, 0.29) is 11.4 Å². The number of hydrogen-bond acceptors (Lipinski definition) is 4. The largest absolute Gasteiger partial charge is 0.486 e. The number of alkyl halides is 3. The highest BCUT2D eigenvalue weighted by Gasteiger charge is 2.31. The van der Waals surface area contributed by atoms with E-state index in [9.17, 15) is 22.8 Å². The molecule has 0 bridgehead atoms. The summed E-state index contributed by atoms with van der Waals surface area (Å²) in [7, 11) is 0. The standard InChI is InChI=1S/C16H12ClF3N2O4/c17-10-3-8(4-12-14(10)26-2-1-25-12)5-13(23)22-11-6-9(16(18,19)20)7-21-15(11)24/h3-4,6-7H,1-2,5H2,(H,21,24)(H,22,23). The first kappa shape index (κ1) is 18.1. The summed E-state index contributed by atoms with van der Waals surface area (Å²) in [5.41, 5.74) is -1.95. The molecule has 1 aliphatic heterocycles. The molecule has 2 heterocycles. The van der Waals surface area contributed by atoms with E-state index in [4.69, 9.17) is 21.1 Å². The van der Waals surface area contributed by atoms with E-state index < -0.39 is 28.9 Å². The third-order valence-electron chi connectivity index (χ3n) is 3.53. The molecule has 1 aromatic carbocycles. The molecule has 138 valence electrons. The fourth-order valence-electron chi connectivity index (χ4n) is 2.39. The van der Waals surface area contributed by atoms with Gasteiger partial charge in [-0.3, -0.25) is 9.59 Å². The van der Waals surface area contributed by atoms with Crippen LogP contribution in [0.25, 0.3) is 0 Å². The topological polar surface area (TPSA) is 80.4 Å². The van der Waals surface area contributed by atoms with Crippen LogP contribution >= 0.6 is 11.6 Å². The van der Waals surface area contributed by atoms with Crippen molar-refractivity contribution in [1.82, 2.24) is 4.98 Å². The highest BCUT2D eigenvalue weighted by molar-refractivity contribution is 6.32. The number of rotatable bonds is 3. The highest BCUT2D eigenvalue weighted by Crippen LogP contribution is 2.38. The van der Waals surface area contributed by atoms with Crippen molar-refractivity contribution in [2.75, 3.05) is 18.5 Å². The van der Waals surface area contributed by atoms with Crippen LogP contribution < -0.4 is 20.3 Å². The van der Waals surface area contributed by atoms with Crippen LogP contribution in [0.1, 0.15) is 11.1 Å². The molecular weight excluding hydrogens is 377 g/mol. The molecule has 0 radical (unpaired) electrons. The minimum atomic E-state index is -4.65. The number of nitrogens with one attached hydrogen (secondary N) is 2. The van der Waals surface area contributed by atoms with Gasteiger partial charge in [-0.25, -0.2) is 0 Å². The van der Waals surface area contributed by atoms with Crippen LogP contribution in [-0.2, 0) is 17.4 Å². The molecule has 1 amide bonds. The van der Waals surface area contributed by atoms with Crippen molar-refractivity contribution in [3.8, 4) is 11.5 Å². The number of benzene rings is 1. The summed E-state index contributed by atoms with van der Waals surface area (Å²) >= 11 is 6.07. The number of hydrogen-bond donors (Lipinski definition) is 2. The Balaban J connectivity index is 1.78. The molecule has 6 nitrogen and oxygen atoms in total. The van der Waals surface area contributed by atoms with Crippen molar-refractivity contribution in [3.63, 3.8) is 0 Å². The third kappa shape index (κ3) is 3.93. The summed E-state index contributed by atoms with van der Waals surface area (Å²) in [6.45, 7) is 0.684. The maximum Gasteiger partial charge on any atom is 0.417 e. The first-order valence-electron chi connectivity index (χ1n) is 7.42. The average molecular weight is 389 g/mol. The smallest absolute Gasteiger partial charge is 0.417 e. The Kier molecular flexibility index (Phi) is 4.82. The van der Waals surface area contributed by atoms with Crippen molar-refractivity contribution >= 4 is 23.2 Å². The number of pyridine rings is 1. The van der Waals surface area contributed by atoms with E-state index >= 15 is 0 Å². The van der Waals surface area contributed by atoms with Crippen LogP contribution in [0.15, 0.2) is 29.2 Å². The van der Waals surface area contributed by atoms with Crippen molar-refractivity contribution in [2.45, 2.75) is 12.6 Å². The van der Waals surface area contributed by atoms with Crippen molar-refractivity contribution in [3.05, 3.63) is 50.9 Å². The fraction of sp³-hybridized carbons (Fsp3) is 0.250. The number of H-pyrrole nitrogens is 1. The summed E-state index contributed by atoms with van der Waals surface area (Å²) in [4.78, 5) is 25.7. The lowest BCUT2D eigenvalue weighted by Crippen LogP contribution is -2.23. The molecule has 0 saturated heterocycles. The highest BCUT2D eigenvalue weighted by atomic mass is 35.5. The lowest BCUT2D eigenvalue weighted by molar-refractivity contribution is -0.137. The Labute approximate surface area is 149 Å². The van der Waals surface area contributed by atoms with Gasteiger partial charge in [0.1, 0.15) is 18.9 Å². The van der Waals surface area contributed by atoms with Gasteiger partial charge in [0.2, 0.25) is 5.91 Å². The number of halogens is 4. The summed E-state index contributed by atoms with van der Waals surface area (Å²) in [5.74, 6) is 0.0717. The molecule has 2 N–H and O–H groups in total. The van der Waals surface area contributed by atoms with E-state index in [0.29, 0.717) is 42.5 Å². The second-order valence-corrected chi connectivity index (χ2v) is 5.86. The van der Waals surface area contributed by atoms with E-state index in [2.05, 4.69) is 5.32 Å². The van der Waals surface area contributed by atoms with Crippen LogP contribution in [0.5, 0.6) is 11.5 Å². The molecular formula is C16H12ClF3N2O4. The lowest BCUT2D eigenvalue weighted by atomic mass is 10.1. The second kappa shape index (κ2) is 6.91. The number of anilines is 1. The Morgan fingerprint density at radius 3 is 2.69 bits per heavy atom. The molecule has 10 heteroatoms. The quantitative estimate of drug-likeness (QED) is 0.847. The van der Waals surface area contributed by atoms with Crippen molar-refractivity contribution < 1.29 is 27.4 Å². The summed E-state index contributed by atoms with van der Waals surface area (Å²) in [6.07, 6.45) is -4.32. The first-order valence-corrected chi connectivity index (χ1v) is 7.79. The number of amides is 1. The Morgan fingerprint density at radius 2 is 1.96 bits per heavy atom.